The van der Waals surface area contributed by atoms with E-state index in [1.165, 1.54) is 18.4 Å². The van der Waals surface area contributed by atoms with E-state index in [0.717, 1.165) is 44.8 Å². The van der Waals surface area contributed by atoms with Gasteiger partial charge in [-0.15, -0.1) is 5.10 Å². The Bertz CT molecular complexity index is 706. The third-order valence-corrected chi connectivity index (χ3v) is 5.45. The number of carbonyl (C=O) groups is 1. The fourth-order valence-corrected chi connectivity index (χ4v) is 3.97. The molecule has 25 heavy (non-hydrogen) atoms. The Morgan fingerprint density at radius 3 is 2.80 bits per heavy atom. The van der Waals surface area contributed by atoms with Crippen LogP contribution in [-0.2, 0) is 17.8 Å². The van der Waals surface area contributed by atoms with Gasteiger partial charge in [0.2, 0.25) is 5.91 Å². The number of anilines is 1. The predicted octanol–water partition coefficient (Wildman–Crippen LogP) is 1.97. The minimum atomic E-state index is 0.259. The highest BCUT2D eigenvalue weighted by Crippen LogP contribution is 2.28. The maximum absolute atomic E-state index is 12.6. The first kappa shape index (κ1) is 16.3. The minimum absolute atomic E-state index is 0.259. The van der Waals surface area contributed by atoms with E-state index in [1.807, 2.05) is 21.8 Å². The van der Waals surface area contributed by atoms with E-state index >= 15 is 0 Å². The highest BCUT2D eigenvalue weighted by atomic mass is 16.2. The summed E-state index contributed by atoms with van der Waals surface area (Å²) in [6.07, 6.45) is 7.59. The summed E-state index contributed by atoms with van der Waals surface area (Å²) in [7, 11) is 0. The highest BCUT2D eigenvalue weighted by molar-refractivity contribution is 5.95. The Kier molecular flexibility index (Phi) is 4.78. The monoisotopic (exact) mass is 339 g/mol. The summed E-state index contributed by atoms with van der Waals surface area (Å²) >= 11 is 0. The number of aromatic nitrogens is 3. The van der Waals surface area contributed by atoms with Crippen LogP contribution in [0.1, 0.15) is 24.8 Å². The van der Waals surface area contributed by atoms with Crippen molar-refractivity contribution < 1.29 is 4.79 Å². The number of piperidine rings is 1. The molecule has 0 spiro atoms. The first-order chi connectivity index (χ1) is 12.3. The molecule has 3 heterocycles. The second kappa shape index (κ2) is 7.35. The lowest BCUT2D eigenvalue weighted by atomic mass is 9.97. The number of hydrogen-bond donors (Lipinski definition) is 0. The van der Waals surface area contributed by atoms with E-state index in [9.17, 15) is 4.79 Å². The molecular formula is C19H25N5O. The molecule has 0 radical (unpaired) electrons. The van der Waals surface area contributed by atoms with Crippen LogP contribution >= 0.6 is 0 Å². The number of amides is 1. The van der Waals surface area contributed by atoms with Crippen LogP contribution in [0.25, 0.3) is 0 Å². The average molecular weight is 339 g/mol. The van der Waals surface area contributed by atoms with Crippen molar-refractivity contribution in [2.75, 3.05) is 31.1 Å². The Hall–Kier alpha value is -2.21. The number of nitrogens with zero attached hydrogens (tertiary/aromatic N) is 5. The summed E-state index contributed by atoms with van der Waals surface area (Å²) in [6, 6.07) is 8.26. The van der Waals surface area contributed by atoms with Crippen LogP contribution in [0, 0.1) is 5.92 Å². The number of para-hydroxylation sites is 1. The van der Waals surface area contributed by atoms with Gasteiger partial charge in [-0.25, -0.2) is 0 Å². The summed E-state index contributed by atoms with van der Waals surface area (Å²) in [5.41, 5.74) is 2.41. The van der Waals surface area contributed by atoms with Crippen molar-refractivity contribution in [2.45, 2.75) is 32.2 Å². The van der Waals surface area contributed by atoms with Gasteiger partial charge >= 0.3 is 0 Å². The molecule has 1 fully saturated rings. The van der Waals surface area contributed by atoms with Gasteiger partial charge in [0.25, 0.3) is 0 Å². The van der Waals surface area contributed by atoms with Crippen molar-refractivity contribution in [3.05, 3.63) is 42.2 Å². The number of likely N-dealkylation sites (tertiary alicyclic amines) is 1. The van der Waals surface area contributed by atoms with Crippen LogP contribution in [0.2, 0.25) is 0 Å². The summed E-state index contributed by atoms with van der Waals surface area (Å²) in [5.74, 6) is 0.925. The first-order valence-electron chi connectivity index (χ1n) is 9.24. The zero-order valence-corrected chi connectivity index (χ0v) is 14.5. The van der Waals surface area contributed by atoms with Crippen molar-refractivity contribution in [3.63, 3.8) is 0 Å². The lowest BCUT2D eigenvalue weighted by Gasteiger charge is -2.32. The molecule has 0 unspecified atom stereocenters. The number of carbonyl (C=O) groups excluding carboxylic acids is 1. The fourth-order valence-electron chi connectivity index (χ4n) is 3.97. The van der Waals surface area contributed by atoms with Crippen molar-refractivity contribution in [2.24, 2.45) is 5.92 Å². The van der Waals surface area contributed by atoms with Gasteiger partial charge in [0.05, 0.1) is 6.20 Å². The van der Waals surface area contributed by atoms with Gasteiger partial charge in [0.15, 0.2) is 0 Å². The molecule has 2 aromatic rings. The molecule has 1 amide bonds. The van der Waals surface area contributed by atoms with Gasteiger partial charge < -0.3 is 9.80 Å². The molecule has 132 valence electrons. The second-order valence-corrected chi connectivity index (χ2v) is 7.08. The second-order valence-electron chi connectivity index (χ2n) is 7.08. The largest absolute Gasteiger partial charge is 0.312 e. The Morgan fingerprint density at radius 2 is 2.00 bits per heavy atom. The van der Waals surface area contributed by atoms with Crippen molar-refractivity contribution in [1.29, 1.82) is 0 Å². The van der Waals surface area contributed by atoms with E-state index < -0.39 is 0 Å². The third-order valence-electron chi connectivity index (χ3n) is 5.45. The van der Waals surface area contributed by atoms with E-state index in [2.05, 4.69) is 33.4 Å². The number of fused-ring (bicyclic) bond motifs is 1. The van der Waals surface area contributed by atoms with E-state index in [1.54, 1.807) is 6.20 Å². The van der Waals surface area contributed by atoms with Gasteiger partial charge in [0, 0.05) is 37.9 Å². The maximum atomic E-state index is 12.6. The van der Waals surface area contributed by atoms with Crippen LogP contribution in [0.5, 0.6) is 0 Å². The van der Waals surface area contributed by atoms with E-state index in [4.69, 9.17) is 0 Å². The fraction of sp³-hybridized carbons (Fsp3) is 0.526. The molecule has 1 aromatic carbocycles. The van der Waals surface area contributed by atoms with Crippen LogP contribution in [0.15, 0.2) is 36.7 Å². The van der Waals surface area contributed by atoms with Gasteiger partial charge in [-0.3, -0.25) is 9.48 Å². The molecule has 0 aliphatic carbocycles. The molecule has 2 aliphatic rings. The molecule has 6 nitrogen and oxygen atoms in total. The summed E-state index contributed by atoms with van der Waals surface area (Å²) in [5, 5.41) is 7.92. The van der Waals surface area contributed by atoms with Crippen LogP contribution in [0.4, 0.5) is 5.69 Å². The lowest BCUT2D eigenvalue weighted by Crippen LogP contribution is -2.38. The van der Waals surface area contributed by atoms with E-state index in [-0.39, 0.29) is 5.91 Å². The zero-order chi connectivity index (χ0) is 17.1. The number of rotatable bonds is 5. The first-order valence-corrected chi connectivity index (χ1v) is 9.24. The molecule has 0 N–H and O–H groups in total. The van der Waals surface area contributed by atoms with Crippen LogP contribution < -0.4 is 4.90 Å². The van der Waals surface area contributed by atoms with Gasteiger partial charge in [0.1, 0.15) is 0 Å². The lowest BCUT2D eigenvalue weighted by molar-refractivity contribution is -0.118. The van der Waals surface area contributed by atoms with Gasteiger partial charge in [-0.2, -0.15) is 0 Å². The topological polar surface area (TPSA) is 54.3 Å². The smallest absolute Gasteiger partial charge is 0.228 e. The Morgan fingerprint density at radius 1 is 1.16 bits per heavy atom. The molecule has 0 saturated carbocycles. The number of hydrogen-bond acceptors (Lipinski definition) is 4. The molecule has 1 aromatic heterocycles. The Labute approximate surface area is 148 Å². The SMILES string of the molecule is O=C(CCN1CCC(Cn2ccnn2)CC1)N1CCc2ccccc21. The average Bonchev–Trinajstić information content (AvgIpc) is 3.30. The van der Waals surface area contributed by atoms with Crippen LogP contribution in [-0.4, -0.2) is 52.0 Å². The summed E-state index contributed by atoms with van der Waals surface area (Å²) < 4.78 is 1.93. The standard InChI is InChI=1S/C19H25N5O/c25-19(24-13-7-17-3-1-2-4-18(17)24)8-12-22-10-5-16(6-11-22)15-23-14-9-20-21-23/h1-4,9,14,16H,5-8,10-13,15H2. The van der Waals surface area contributed by atoms with Gasteiger partial charge in [-0.1, -0.05) is 23.4 Å². The number of benzene rings is 1. The normalized spacial score (nSPS) is 18.5. The zero-order valence-electron chi connectivity index (χ0n) is 14.5. The van der Waals surface area contributed by atoms with Crippen molar-refractivity contribution >= 4 is 11.6 Å². The summed E-state index contributed by atoms with van der Waals surface area (Å²) in [6.45, 7) is 4.80. The highest BCUT2D eigenvalue weighted by Gasteiger charge is 2.25. The molecular weight excluding hydrogens is 314 g/mol. The van der Waals surface area contributed by atoms with Gasteiger partial charge in [-0.05, 0) is 49.9 Å². The van der Waals surface area contributed by atoms with Crippen molar-refractivity contribution in [3.8, 4) is 0 Å². The van der Waals surface area contributed by atoms with Crippen LogP contribution in [0.3, 0.4) is 0 Å². The summed E-state index contributed by atoms with van der Waals surface area (Å²) in [4.78, 5) is 17.0. The molecule has 6 heteroatoms. The molecule has 0 bridgehead atoms. The molecule has 0 atom stereocenters. The third kappa shape index (κ3) is 3.74. The Balaban J connectivity index is 1.23. The van der Waals surface area contributed by atoms with Crippen molar-refractivity contribution in [1.82, 2.24) is 19.9 Å². The predicted molar refractivity (Wildman–Crippen MR) is 96.3 cm³/mol. The minimum Gasteiger partial charge on any atom is -0.312 e. The maximum Gasteiger partial charge on any atom is 0.228 e. The molecule has 4 rings (SSSR count). The van der Waals surface area contributed by atoms with E-state index in [0.29, 0.717) is 12.3 Å². The molecule has 2 aliphatic heterocycles. The quantitative estimate of drug-likeness (QED) is 0.836. The molecule has 1 saturated heterocycles.